The van der Waals surface area contributed by atoms with Crippen molar-refractivity contribution in [3.8, 4) is 11.5 Å². The Labute approximate surface area is 179 Å². The van der Waals surface area contributed by atoms with E-state index in [0.717, 1.165) is 17.6 Å². The third kappa shape index (κ3) is 7.59. The molecule has 0 saturated heterocycles. The van der Waals surface area contributed by atoms with Crippen LogP contribution in [-0.2, 0) is 21.4 Å². The van der Waals surface area contributed by atoms with Gasteiger partial charge in [-0.15, -0.1) is 0 Å². The summed E-state index contributed by atoms with van der Waals surface area (Å²) in [6.07, 6.45) is 1.87. The van der Waals surface area contributed by atoms with Crippen LogP contribution in [0.4, 0.5) is 5.69 Å². The van der Waals surface area contributed by atoms with Gasteiger partial charge in [-0.05, 0) is 62.2 Å². The van der Waals surface area contributed by atoms with Crippen molar-refractivity contribution in [2.75, 3.05) is 24.2 Å². The van der Waals surface area contributed by atoms with Crippen LogP contribution in [0, 0.1) is 0 Å². The van der Waals surface area contributed by atoms with Crippen LogP contribution in [0.5, 0.6) is 11.5 Å². The first-order valence-corrected chi connectivity index (χ1v) is 11.7. The van der Waals surface area contributed by atoms with Gasteiger partial charge in [-0.25, -0.2) is 8.42 Å². The normalized spacial score (nSPS) is 11.2. The minimum atomic E-state index is -3.46. The predicted molar refractivity (Wildman–Crippen MR) is 118 cm³/mol. The van der Waals surface area contributed by atoms with E-state index < -0.39 is 10.0 Å². The lowest BCUT2D eigenvalue weighted by Crippen LogP contribution is -2.32. The van der Waals surface area contributed by atoms with Gasteiger partial charge in [0.2, 0.25) is 15.9 Å². The SMILES string of the molecule is COc1ccc(N(CCCC(=O)NCc2cccc(OC(C)C)c2)S(C)(=O)=O)cc1. The number of hydrogen-bond acceptors (Lipinski definition) is 5. The van der Waals surface area contributed by atoms with Crippen molar-refractivity contribution < 1.29 is 22.7 Å². The molecule has 8 heteroatoms. The summed E-state index contributed by atoms with van der Waals surface area (Å²) in [7, 11) is -1.91. The summed E-state index contributed by atoms with van der Waals surface area (Å²) in [4.78, 5) is 12.2. The highest BCUT2D eigenvalue weighted by molar-refractivity contribution is 7.92. The van der Waals surface area contributed by atoms with E-state index in [-0.39, 0.29) is 25.0 Å². The Bertz CT molecular complexity index is 927. The topological polar surface area (TPSA) is 84.9 Å². The van der Waals surface area contributed by atoms with Crippen molar-refractivity contribution in [1.29, 1.82) is 0 Å². The Hall–Kier alpha value is -2.74. The van der Waals surface area contributed by atoms with Gasteiger partial charge in [0, 0.05) is 19.5 Å². The molecule has 0 aromatic heterocycles. The Morgan fingerprint density at radius 2 is 1.80 bits per heavy atom. The lowest BCUT2D eigenvalue weighted by atomic mass is 10.2. The molecule has 2 aromatic carbocycles. The van der Waals surface area contributed by atoms with Crippen LogP contribution in [0.1, 0.15) is 32.3 Å². The molecule has 0 radical (unpaired) electrons. The number of rotatable bonds is 11. The lowest BCUT2D eigenvalue weighted by molar-refractivity contribution is -0.121. The van der Waals surface area contributed by atoms with Gasteiger partial charge in [0.05, 0.1) is 25.2 Å². The minimum absolute atomic E-state index is 0.0818. The summed E-state index contributed by atoms with van der Waals surface area (Å²) in [6, 6.07) is 14.4. The van der Waals surface area contributed by atoms with Crippen LogP contribution in [-0.4, -0.2) is 40.3 Å². The molecule has 1 amide bonds. The van der Waals surface area contributed by atoms with E-state index in [1.54, 1.807) is 31.4 Å². The fraction of sp³-hybridized carbons (Fsp3) is 0.409. The van der Waals surface area contributed by atoms with E-state index in [1.807, 2.05) is 38.1 Å². The molecule has 0 fully saturated rings. The van der Waals surface area contributed by atoms with Gasteiger partial charge in [-0.1, -0.05) is 12.1 Å². The summed E-state index contributed by atoms with van der Waals surface area (Å²) in [5, 5.41) is 2.87. The molecule has 0 spiro atoms. The molecule has 164 valence electrons. The standard InChI is InChI=1S/C22H30N2O5S/c1-17(2)29-21-8-5-7-18(15-21)16-23-22(25)9-6-14-24(30(4,26)27)19-10-12-20(28-3)13-11-19/h5,7-8,10-13,15,17H,6,9,14,16H2,1-4H3,(H,23,25). The molecule has 0 saturated carbocycles. The molecule has 0 aliphatic carbocycles. The van der Waals surface area contributed by atoms with Crippen molar-refractivity contribution >= 4 is 21.6 Å². The summed E-state index contributed by atoms with van der Waals surface area (Å²) in [6.45, 7) is 4.53. The smallest absolute Gasteiger partial charge is 0.232 e. The number of anilines is 1. The highest BCUT2D eigenvalue weighted by atomic mass is 32.2. The molecule has 0 unspecified atom stereocenters. The van der Waals surface area contributed by atoms with Gasteiger partial charge >= 0.3 is 0 Å². The number of sulfonamides is 1. The minimum Gasteiger partial charge on any atom is -0.497 e. The highest BCUT2D eigenvalue weighted by Gasteiger charge is 2.17. The number of nitrogens with one attached hydrogen (secondary N) is 1. The van der Waals surface area contributed by atoms with Gasteiger partial charge in [-0.2, -0.15) is 0 Å². The van der Waals surface area contributed by atoms with Crippen LogP contribution >= 0.6 is 0 Å². The maximum Gasteiger partial charge on any atom is 0.232 e. The van der Waals surface area contributed by atoms with Crippen molar-refractivity contribution in [2.24, 2.45) is 0 Å². The lowest BCUT2D eigenvalue weighted by Gasteiger charge is -2.22. The van der Waals surface area contributed by atoms with Crippen molar-refractivity contribution in [3.05, 3.63) is 54.1 Å². The van der Waals surface area contributed by atoms with Crippen LogP contribution in [0.3, 0.4) is 0 Å². The monoisotopic (exact) mass is 434 g/mol. The molecule has 0 aliphatic heterocycles. The first kappa shape index (κ1) is 23.5. The zero-order valence-corrected chi connectivity index (χ0v) is 18.7. The molecule has 7 nitrogen and oxygen atoms in total. The zero-order valence-electron chi connectivity index (χ0n) is 17.9. The largest absolute Gasteiger partial charge is 0.497 e. The second-order valence-corrected chi connectivity index (χ2v) is 9.13. The Morgan fingerprint density at radius 3 is 2.40 bits per heavy atom. The summed E-state index contributed by atoms with van der Waals surface area (Å²) < 4.78 is 36.4. The Kier molecular flexibility index (Phi) is 8.53. The van der Waals surface area contributed by atoms with Gasteiger partial charge < -0.3 is 14.8 Å². The molecule has 0 aliphatic rings. The fourth-order valence-electron chi connectivity index (χ4n) is 2.91. The average molecular weight is 435 g/mol. The second-order valence-electron chi connectivity index (χ2n) is 7.23. The number of hydrogen-bond donors (Lipinski definition) is 1. The quantitative estimate of drug-likeness (QED) is 0.586. The van der Waals surface area contributed by atoms with Crippen LogP contribution in [0.2, 0.25) is 0 Å². The predicted octanol–water partition coefficient (Wildman–Crippen LogP) is 3.35. The third-order valence-corrected chi connectivity index (χ3v) is 5.48. The third-order valence-electron chi connectivity index (χ3n) is 4.29. The Balaban J connectivity index is 1.87. The number of amides is 1. The zero-order chi connectivity index (χ0) is 22.1. The van der Waals surface area contributed by atoms with E-state index in [4.69, 9.17) is 9.47 Å². The number of carbonyl (C=O) groups is 1. The van der Waals surface area contributed by atoms with Crippen molar-refractivity contribution in [2.45, 2.75) is 39.3 Å². The van der Waals surface area contributed by atoms with E-state index in [0.29, 0.717) is 24.4 Å². The molecule has 2 rings (SSSR count). The van der Waals surface area contributed by atoms with Gasteiger partial charge in [0.1, 0.15) is 11.5 Å². The maximum atomic E-state index is 12.2. The van der Waals surface area contributed by atoms with Crippen LogP contribution in [0.25, 0.3) is 0 Å². The number of ether oxygens (including phenoxy) is 2. The summed E-state index contributed by atoms with van der Waals surface area (Å²) in [5.41, 5.74) is 1.48. The number of benzene rings is 2. The number of carbonyl (C=O) groups excluding carboxylic acids is 1. The number of methoxy groups -OCH3 is 1. The fourth-order valence-corrected chi connectivity index (χ4v) is 3.87. The molecule has 0 bridgehead atoms. The van der Waals surface area contributed by atoms with Crippen molar-refractivity contribution in [1.82, 2.24) is 5.32 Å². The van der Waals surface area contributed by atoms with E-state index in [1.165, 1.54) is 4.31 Å². The molecule has 2 aromatic rings. The van der Waals surface area contributed by atoms with Crippen LogP contribution in [0.15, 0.2) is 48.5 Å². The molecule has 1 N–H and O–H groups in total. The highest BCUT2D eigenvalue weighted by Crippen LogP contribution is 2.22. The molecular formula is C22H30N2O5S. The molecule has 30 heavy (non-hydrogen) atoms. The first-order valence-electron chi connectivity index (χ1n) is 9.83. The molecule has 0 atom stereocenters. The number of nitrogens with zero attached hydrogens (tertiary/aromatic N) is 1. The van der Waals surface area contributed by atoms with Crippen LogP contribution < -0.4 is 19.1 Å². The Morgan fingerprint density at radius 1 is 1.10 bits per heavy atom. The van der Waals surface area contributed by atoms with E-state index in [2.05, 4.69) is 5.32 Å². The maximum absolute atomic E-state index is 12.2. The molecule has 0 heterocycles. The van der Waals surface area contributed by atoms with Gasteiger partial charge in [0.15, 0.2) is 0 Å². The van der Waals surface area contributed by atoms with E-state index >= 15 is 0 Å². The molecular weight excluding hydrogens is 404 g/mol. The summed E-state index contributed by atoms with van der Waals surface area (Å²) in [5.74, 6) is 1.28. The van der Waals surface area contributed by atoms with Gasteiger partial charge in [-0.3, -0.25) is 9.10 Å². The van der Waals surface area contributed by atoms with Gasteiger partial charge in [0.25, 0.3) is 0 Å². The first-order chi connectivity index (χ1) is 14.2. The average Bonchev–Trinajstić information content (AvgIpc) is 2.69. The summed E-state index contributed by atoms with van der Waals surface area (Å²) >= 11 is 0. The second kappa shape index (κ2) is 10.9. The van der Waals surface area contributed by atoms with Crippen molar-refractivity contribution in [3.63, 3.8) is 0 Å². The van der Waals surface area contributed by atoms with E-state index in [9.17, 15) is 13.2 Å².